The van der Waals surface area contributed by atoms with Gasteiger partial charge >= 0.3 is 0 Å². The molecule has 1 N–H and O–H groups in total. The molecule has 1 saturated heterocycles. The van der Waals surface area contributed by atoms with Crippen LogP contribution in [0.3, 0.4) is 0 Å². The van der Waals surface area contributed by atoms with Gasteiger partial charge in [0.1, 0.15) is 12.3 Å². The molecule has 1 aromatic carbocycles. The molecule has 1 atom stereocenters. The van der Waals surface area contributed by atoms with Gasteiger partial charge in [-0.15, -0.1) is 0 Å². The molecule has 1 amide bonds. The number of piperazine rings is 1. The summed E-state index contributed by atoms with van der Waals surface area (Å²) in [4.78, 5) is 14.4. The van der Waals surface area contributed by atoms with Crippen LogP contribution in [0, 0.1) is 0 Å². The molecule has 0 bridgehead atoms. The molecule has 0 saturated carbocycles. The second-order valence-electron chi connectivity index (χ2n) is 4.68. The van der Waals surface area contributed by atoms with Crippen LogP contribution >= 0.6 is 15.9 Å². The molecule has 0 radical (unpaired) electrons. The van der Waals surface area contributed by atoms with Crippen molar-refractivity contribution in [2.45, 2.75) is 12.6 Å². The van der Waals surface area contributed by atoms with Gasteiger partial charge in [-0.05, 0) is 11.6 Å². The molecule has 0 aliphatic carbocycles. The van der Waals surface area contributed by atoms with Crippen molar-refractivity contribution in [3.05, 3.63) is 52.3 Å². The molecule has 2 heterocycles. The van der Waals surface area contributed by atoms with E-state index in [9.17, 15) is 4.79 Å². The van der Waals surface area contributed by atoms with Crippen molar-refractivity contribution in [3.63, 3.8) is 0 Å². The summed E-state index contributed by atoms with van der Waals surface area (Å²) in [6, 6.07) is 9.31. The minimum Gasteiger partial charge on any atom is -0.364 e. The van der Waals surface area contributed by atoms with E-state index < -0.39 is 0 Å². The molecule has 1 fully saturated rings. The average Bonchev–Trinajstić information content (AvgIpc) is 2.93. The van der Waals surface area contributed by atoms with Crippen molar-refractivity contribution in [2.24, 2.45) is 0 Å². The second-order valence-corrected chi connectivity index (χ2v) is 5.53. The quantitative estimate of drug-likeness (QED) is 0.933. The Morgan fingerprint density at radius 1 is 1.40 bits per heavy atom. The minimum absolute atomic E-state index is 0.0200. The number of nitrogens with zero attached hydrogens (tertiary/aromatic N) is 2. The molecule has 5 nitrogen and oxygen atoms in total. The first-order chi connectivity index (χ1) is 9.75. The Balaban J connectivity index is 1.91. The van der Waals surface area contributed by atoms with Gasteiger partial charge in [0.25, 0.3) is 0 Å². The lowest BCUT2D eigenvalue weighted by Gasteiger charge is -2.35. The summed E-state index contributed by atoms with van der Waals surface area (Å²) in [6.07, 6.45) is 1.55. The number of halogens is 1. The Bertz CT molecular complexity index is 600. The zero-order chi connectivity index (χ0) is 13.9. The SMILES string of the molecule is O=C1NCCN(Cc2ccon2)[C@H]1c1ccccc1Br. The first-order valence-electron chi connectivity index (χ1n) is 6.41. The van der Waals surface area contributed by atoms with Crippen LogP contribution in [0.15, 0.2) is 45.6 Å². The highest BCUT2D eigenvalue weighted by molar-refractivity contribution is 9.10. The van der Waals surface area contributed by atoms with E-state index in [1.807, 2.05) is 30.3 Å². The summed E-state index contributed by atoms with van der Waals surface area (Å²) >= 11 is 3.52. The van der Waals surface area contributed by atoms with Gasteiger partial charge in [-0.3, -0.25) is 9.69 Å². The number of amides is 1. The Labute approximate surface area is 125 Å². The molecular weight excluding hydrogens is 322 g/mol. The smallest absolute Gasteiger partial charge is 0.242 e. The third-order valence-corrected chi connectivity index (χ3v) is 4.09. The van der Waals surface area contributed by atoms with Crippen molar-refractivity contribution in [2.75, 3.05) is 13.1 Å². The van der Waals surface area contributed by atoms with Crippen molar-refractivity contribution in [1.29, 1.82) is 0 Å². The normalized spacial score (nSPS) is 19.9. The van der Waals surface area contributed by atoms with Gasteiger partial charge in [-0.1, -0.05) is 39.3 Å². The summed E-state index contributed by atoms with van der Waals surface area (Å²) in [5.41, 5.74) is 1.80. The molecular formula is C14H14BrN3O2. The van der Waals surface area contributed by atoms with Crippen LogP contribution < -0.4 is 5.32 Å². The molecule has 3 rings (SSSR count). The molecule has 1 aromatic heterocycles. The molecule has 1 aliphatic rings. The second kappa shape index (κ2) is 5.76. The average molecular weight is 336 g/mol. The van der Waals surface area contributed by atoms with Gasteiger partial charge < -0.3 is 9.84 Å². The fraction of sp³-hybridized carbons (Fsp3) is 0.286. The maximum Gasteiger partial charge on any atom is 0.242 e. The third kappa shape index (κ3) is 2.62. The molecule has 20 heavy (non-hydrogen) atoms. The predicted octanol–water partition coefficient (Wildman–Crippen LogP) is 2.11. The Morgan fingerprint density at radius 2 is 2.25 bits per heavy atom. The Kier molecular flexibility index (Phi) is 3.84. The summed E-state index contributed by atoms with van der Waals surface area (Å²) in [7, 11) is 0. The van der Waals surface area contributed by atoms with Gasteiger partial charge in [-0.25, -0.2) is 0 Å². The van der Waals surface area contributed by atoms with E-state index in [4.69, 9.17) is 4.52 Å². The first-order valence-corrected chi connectivity index (χ1v) is 7.20. The lowest BCUT2D eigenvalue weighted by Crippen LogP contribution is -2.49. The highest BCUT2D eigenvalue weighted by atomic mass is 79.9. The third-order valence-electron chi connectivity index (χ3n) is 3.37. The van der Waals surface area contributed by atoms with Crippen LogP contribution in [0.4, 0.5) is 0 Å². The summed E-state index contributed by atoms with van der Waals surface area (Å²) in [6.45, 7) is 2.03. The van der Waals surface area contributed by atoms with Crippen molar-refractivity contribution in [3.8, 4) is 0 Å². The highest BCUT2D eigenvalue weighted by Gasteiger charge is 2.32. The van der Waals surface area contributed by atoms with E-state index >= 15 is 0 Å². The molecule has 104 valence electrons. The number of aromatic nitrogens is 1. The standard InChI is InChI=1S/C14H14BrN3O2/c15-12-4-2-1-3-11(12)13-14(19)16-6-7-18(13)9-10-5-8-20-17-10/h1-5,8,13H,6-7,9H2,(H,16,19)/t13-/m0/s1. The van der Waals surface area contributed by atoms with Crippen LogP contribution in [-0.4, -0.2) is 29.1 Å². The molecule has 0 spiro atoms. The largest absolute Gasteiger partial charge is 0.364 e. The van der Waals surface area contributed by atoms with Gasteiger partial charge in [0.15, 0.2) is 0 Å². The van der Waals surface area contributed by atoms with E-state index in [1.54, 1.807) is 6.26 Å². The summed E-state index contributed by atoms with van der Waals surface area (Å²) in [5, 5.41) is 6.85. The van der Waals surface area contributed by atoms with Crippen molar-refractivity contribution < 1.29 is 9.32 Å². The summed E-state index contributed by atoms with van der Waals surface area (Å²) < 4.78 is 5.80. The maximum absolute atomic E-state index is 12.3. The zero-order valence-electron chi connectivity index (χ0n) is 10.8. The Hall–Kier alpha value is -1.66. The lowest BCUT2D eigenvalue weighted by molar-refractivity contribution is -0.129. The number of nitrogens with one attached hydrogen (secondary N) is 1. The first kappa shape index (κ1) is 13.3. The van der Waals surface area contributed by atoms with Crippen molar-refractivity contribution in [1.82, 2.24) is 15.4 Å². The van der Waals surface area contributed by atoms with Gasteiger partial charge in [0.05, 0.1) is 5.69 Å². The van der Waals surface area contributed by atoms with Crippen LogP contribution in [-0.2, 0) is 11.3 Å². The van der Waals surface area contributed by atoms with Gasteiger partial charge in [-0.2, -0.15) is 0 Å². The summed E-state index contributed by atoms with van der Waals surface area (Å²) in [5.74, 6) is 0.0200. The molecule has 1 aliphatic heterocycles. The van der Waals surface area contributed by atoms with E-state index in [0.29, 0.717) is 13.1 Å². The van der Waals surface area contributed by atoms with E-state index in [1.165, 1.54) is 0 Å². The number of carbonyl (C=O) groups is 1. The fourth-order valence-corrected chi connectivity index (χ4v) is 2.95. The zero-order valence-corrected chi connectivity index (χ0v) is 12.3. The number of hydrogen-bond acceptors (Lipinski definition) is 4. The molecule has 2 aromatic rings. The van der Waals surface area contributed by atoms with E-state index in [-0.39, 0.29) is 11.9 Å². The maximum atomic E-state index is 12.3. The predicted molar refractivity (Wildman–Crippen MR) is 76.8 cm³/mol. The fourth-order valence-electron chi connectivity index (χ4n) is 2.45. The van der Waals surface area contributed by atoms with E-state index in [0.717, 1.165) is 22.3 Å². The van der Waals surface area contributed by atoms with Crippen LogP contribution in [0.2, 0.25) is 0 Å². The number of benzene rings is 1. The number of carbonyl (C=O) groups excluding carboxylic acids is 1. The van der Waals surface area contributed by atoms with Crippen LogP contribution in [0.5, 0.6) is 0 Å². The Morgan fingerprint density at radius 3 is 3.00 bits per heavy atom. The molecule has 6 heteroatoms. The minimum atomic E-state index is -0.309. The van der Waals surface area contributed by atoms with E-state index in [2.05, 4.69) is 31.3 Å². The van der Waals surface area contributed by atoms with Crippen LogP contribution in [0.25, 0.3) is 0 Å². The monoisotopic (exact) mass is 335 g/mol. The van der Waals surface area contributed by atoms with Crippen LogP contribution in [0.1, 0.15) is 17.3 Å². The topological polar surface area (TPSA) is 58.4 Å². The lowest BCUT2D eigenvalue weighted by atomic mass is 10.0. The number of rotatable bonds is 3. The highest BCUT2D eigenvalue weighted by Crippen LogP contribution is 2.30. The van der Waals surface area contributed by atoms with Gasteiger partial charge in [0, 0.05) is 30.2 Å². The molecule has 0 unspecified atom stereocenters. The number of hydrogen-bond donors (Lipinski definition) is 1. The van der Waals surface area contributed by atoms with Crippen molar-refractivity contribution >= 4 is 21.8 Å². The van der Waals surface area contributed by atoms with Gasteiger partial charge in [0.2, 0.25) is 5.91 Å².